The first-order chi connectivity index (χ1) is 15.4. The topological polar surface area (TPSA) is 84.4 Å². The lowest BCUT2D eigenvalue weighted by molar-refractivity contribution is -0.116. The Hall–Kier alpha value is -3.33. The molecule has 1 N–H and O–H groups in total. The fourth-order valence-electron chi connectivity index (χ4n) is 3.06. The molecule has 0 aliphatic heterocycles. The van der Waals surface area contributed by atoms with Crippen LogP contribution in [0.1, 0.15) is 37.0 Å². The third-order valence-electron chi connectivity index (χ3n) is 5.08. The van der Waals surface area contributed by atoms with Gasteiger partial charge in [0.2, 0.25) is 11.0 Å². The van der Waals surface area contributed by atoms with E-state index in [1.165, 1.54) is 34.4 Å². The quantitative estimate of drug-likeness (QED) is 0.508. The largest absolute Gasteiger partial charge is 0.497 e. The molecule has 9 heteroatoms. The second-order valence-electron chi connectivity index (χ2n) is 7.17. The summed E-state index contributed by atoms with van der Waals surface area (Å²) >= 11 is 1.25. The lowest BCUT2D eigenvalue weighted by atomic mass is 10.1. The highest BCUT2D eigenvalue weighted by atomic mass is 32.1. The molecule has 1 unspecified atom stereocenters. The molecule has 32 heavy (non-hydrogen) atoms. The van der Waals surface area contributed by atoms with Crippen molar-refractivity contribution in [2.45, 2.75) is 32.7 Å². The van der Waals surface area contributed by atoms with E-state index in [4.69, 9.17) is 4.74 Å². The van der Waals surface area contributed by atoms with Gasteiger partial charge in [0.15, 0.2) is 0 Å². The van der Waals surface area contributed by atoms with E-state index in [9.17, 15) is 14.0 Å². The standard InChI is InChI=1S/C23H25FN4O3S/c1-4-15(2)28(22(30)18-7-5-6-8-19(18)24)14-13-20(29)25-23-27-26-21(32-23)16-9-11-17(31-3)12-10-16/h5-12,15H,4,13-14H2,1-3H3,(H,25,27,29). The van der Waals surface area contributed by atoms with Crippen LogP contribution in [0.25, 0.3) is 10.6 Å². The van der Waals surface area contributed by atoms with Crippen LogP contribution in [0.4, 0.5) is 9.52 Å². The van der Waals surface area contributed by atoms with Gasteiger partial charge in [-0.25, -0.2) is 4.39 Å². The van der Waals surface area contributed by atoms with Crippen molar-refractivity contribution in [2.75, 3.05) is 19.0 Å². The molecule has 0 aliphatic carbocycles. The number of anilines is 1. The second-order valence-corrected chi connectivity index (χ2v) is 8.15. The van der Waals surface area contributed by atoms with Crippen LogP contribution < -0.4 is 10.1 Å². The first-order valence-electron chi connectivity index (χ1n) is 10.3. The molecule has 0 aliphatic rings. The smallest absolute Gasteiger partial charge is 0.257 e. The molecule has 1 heterocycles. The van der Waals surface area contributed by atoms with Crippen molar-refractivity contribution in [3.8, 4) is 16.3 Å². The van der Waals surface area contributed by atoms with Crippen molar-refractivity contribution in [2.24, 2.45) is 0 Å². The molecular formula is C23H25FN4O3S. The van der Waals surface area contributed by atoms with Crippen molar-refractivity contribution in [1.29, 1.82) is 0 Å². The third-order valence-corrected chi connectivity index (χ3v) is 5.96. The summed E-state index contributed by atoms with van der Waals surface area (Å²) in [6.45, 7) is 3.98. The van der Waals surface area contributed by atoms with Gasteiger partial charge in [-0.3, -0.25) is 9.59 Å². The molecule has 1 atom stereocenters. The first kappa shape index (κ1) is 23.3. The zero-order chi connectivity index (χ0) is 23.1. The fraction of sp³-hybridized carbons (Fsp3) is 0.304. The summed E-state index contributed by atoms with van der Waals surface area (Å²) in [6, 6.07) is 13.1. The van der Waals surface area contributed by atoms with E-state index in [0.29, 0.717) is 16.6 Å². The number of halogens is 1. The van der Waals surface area contributed by atoms with Gasteiger partial charge < -0.3 is 15.0 Å². The van der Waals surface area contributed by atoms with Crippen LogP contribution in [-0.2, 0) is 4.79 Å². The second kappa shape index (κ2) is 10.8. The van der Waals surface area contributed by atoms with Gasteiger partial charge in [0.05, 0.1) is 12.7 Å². The average Bonchev–Trinajstić information content (AvgIpc) is 3.27. The highest BCUT2D eigenvalue weighted by molar-refractivity contribution is 7.18. The zero-order valence-corrected chi connectivity index (χ0v) is 19.0. The molecule has 0 fully saturated rings. The monoisotopic (exact) mass is 456 g/mol. The summed E-state index contributed by atoms with van der Waals surface area (Å²) in [5.74, 6) is -0.558. The van der Waals surface area contributed by atoms with Crippen molar-refractivity contribution in [3.63, 3.8) is 0 Å². The minimum Gasteiger partial charge on any atom is -0.497 e. The number of benzene rings is 2. The molecule has 0 radical (unpaired) electrons. The number of carbonyl (C=O) groups is 2. The van der Waals surface area contributed by atoms with Gasteiger partial charge in [-0.05, 0) is 49.7 Å². The van der Waals surface area contributed by atoms with E-state index in [0.717, 1.165) is 11.3 Å². The van der Waals surface area contributed by atoms with Crippen LogP contribution in [0, 0.1) is 5.82 Å². The number of carbonyl (C=O) groups excluding carboxylic acids is 2. The van der Waals surface area contributed by atoms with Crippen LogP contribution in [0.5, 0.6) is 5.75 Å². The normalized spacial score (nSPS) is 11.6. The Bertz CT molecular complexity index is 1070. The number of nitrogens with one attached hydrogen (secondary N) is 1. The molecule has 3 aromatic rings. The minimum absolute atomic E-state index is 0.00136. The van der Waals surface area contributed by atoms with Crippen molar-refractivity contribution < 1.29 is 18.7 Å². The molecular weight excluding hydrogens is 431 g/mol. The Morgan fingerprint density at radius 1 is 1.16 bits per heavy atom. The van der Waals surface area contributed by atoms with Crippen molar-refractivity contribution >= 4 is 28.3 Å². The highest BCUT2D eigenvalue weighted by Gasteiger charge is 2.23. The van der Waals surface area contributed by atoms with E-state index >= 15 is 0 Å². The van der Waals surface area contributed by atoms with E-state index in [-0.39, 0.29) is 30.5 Å². The summed E-state index contributed by atoms with van der Waals surface area (Å²) in [7, 11) is 1.60. The summed E-state index contributed by atoms with van der Waals surface area (Å²) < 4.78 is 19.2. The zero-order valence-electron chi connectivity index (χ0n) is 18.2. The highest BCUT2D eigenvalue weighted by Crippen LogP contribution is 2.27. The summed E-state index contributed by atoms with van der Waals surface area (Å²) in [6.07, 6.45) is 0.741. The predicted octanol–water partition coefficient (Wildman–Crippen LogP) is 4.62. The summed E-state index contributed by atoms with van der Waals surface area (Å²) in [5, 5.41) is 11.9. The third kappa shape index (κ3) is 5.67. The number of nitrogens with zero attached hydrogens (tertiary/aromatic N) is 3. The predicted molar refractivity (Wildman–Crippen MR) is 122 cm³/mol. The Labute approximate surface area is 190 Å². The van der Waals surface area contributed by atoms with E-state index < -0.39 is 11.7 Å². The maximum atomic E-state index is 14.1. The number of methoxy groups -OCH3 is 1. The lowest BCUT2D eigenvalue weighted by Crippen LogP contribution is -2.40. The van der Waals surface area contributed by atoms with Gasteiger partial charge in [0.25, 0.3) is 5.91 Å². The molecule has 168 valence electrons. The maximum Gasteiger partial charge on any atom is 0.257 e. The number of ether oxygens (including phenoxy) is 1. The molecule has 3 rings (SSSR count). The number of rotatable bonds is 9. The SMILES string of the molecule is CCC(C)N(CCC(=O)Nc1nnc(-c2ccc(OC)cc2)s1)C(=O)c1ccccc1F. The summed E-state index contributed by atoms with van der Waals surface area (Å²) in [4.78, 5) is 26.9. The number of hydrogen-bond acceptors (Lipinski definition) is 6. The van der Waals surface area contributed by atoms with Gasteiger partial charge in [0, 0.05) is 24.6 Å². The van der Waals surface area contributed by atoms with Gasteiger partial charge >= 0.3 is 0 Å². The lowest BCUT2D eigenvalue weighted by Gasteiger charge is -2.28. The van der Waals surface area contributed by atoms with Crippen molar-refractivity contribution in [3.05, 3.63) is 59.9 Å². The summed E-state index contributed by atoms with van der Waals surface area (Å²) in [5.41, 5.74) is 0.865. The first-order valence-corrected chi connectivity index (χ1v) is 11.1. The molecule has 2 amide bonds. The Morgan fingerprint density at radius 3 is 2.53 bits per heavy atom. The van der Waals surface area contributed by atoms with Gasteiger partial charge in [-0.1, -0.05) is 30.4 Å². The van der Waals surface area contributed by atoms with Gasteiger partial charge in [-0.15, -0.1) is 10.2 Å². The Kier molecular flexibility index (Phi) is 7.88. The molecule has 0 spiro atoms. The number of hydrogen-bond donors (Lipinski definition) is 1. The molecule has 0 bridgehead atoms. The Morgan fingerprint density at radius 2 is 1.88 bits per heavy atom. The van der Waals surface area contributed by atoms with Crippen LogP contribution in [0.15, 0.2) is 48.5 Å². The average molecular weight is 457 g/mol. The molecule has 0 saturated carbocycles. The number of aromatic nitrogens is 2. The van der Waals surface area contributed by atoms with Crippen LogP contribution in [-0.4, -0.2) is 46.6 Å². The molecule has 2 aromatic carbocycles. The Balaban J connectivity index is 1.62. The van der Waals surface area contributed by atoms with Crippen LogP contribution >= 0.6 is 11.3 Å². The molecule has 1 aromatic heterocycles. The minimum atomic E-state index is -0.574. The van der Waals surface area contributed by atoms with Crippen LogP contribution in [0.3, 0.4) is 0 Å². The molecule has 7 nitrogen and oxygen atoms in total. The van der Waals surface area contributed by atoms with Gasteiger partial charge in [0.1, 0.15) is 16.6 Å². The molecule has 0 saturated heterocycles. The van der Waals surface area contributed by atoms with Gasteiger partial charge in [-0.2, -0.15) is 0 Å². The maximum absolute atomic E-state index is 14.1. The van der Waals surface area contributed by atoms with Crippen molar-refractivity contribution in [1.82, 2.24) is 15.1 Å². The van der Waals surface area contributed by atoms with Crippen LogP contribution in [0.2, 0.25) is 0 Å². The fourth-order valence-corrected chi connectivity index (χ4v) is 3.82. The van der Waals surface area contributed by atoms with E-state index in [1.807, 2.05) is 38.1 Å². The van der Waals surface area contributed by atoms with E-state index in [2.05, 4.69) is 15.5 Å². The number of amides is 2. The van der Waals surface area contributed by atoms with E-state index in [1.54, 1.807) is 13.2 Å².